The van der Waals surface area contributed by atoms with Crippen molar-refractivity contribution >= 4 is 27.6 Å². The average Bonchev–Trinajstić information content (AvgIpc) is 2.70. The summed E-state index contributed by atoms with van der Waals surface area (Å²) in [5, 5.41) is 2.98. The van der Waals surface area contributed by atoms with Crippen molar-refractivity contribution in [2.45, 2.75) is 13.2 Å². The first-order valence-corrected chi connectivity index (χ1v) is 9.44. The Morgan fingerprint density at radius 2 is 1.56 bits per heavy atom. The lowest BCUT2D eigenvalue weighted by Crippen LogP contribution is -2.31. The van der Waals surface area contributed by atoms with Crippen molar-refractivity contribution in [1.82, 2.24) is 4.90 Å². The van der Waals surface area contributed by atoms with E-state index in [2.05, 4.69) is 21.2 Å². The molecule has 2 amide bonds. The number of halogens is 1. The van der Waals surface area contributed by atoms with Gasteiger partial charge in [-0.2, -0.15) is 0 Å². The Hall–Kier alpha value is -2.79. The molecule has 5 heteroatoms. The number of para-hydroxylation sites is 2. The number of nitrogens with one attached hydrogen (secondary N) is 1. The van der Waals surface area contributed by atoms with Gasteiger partial charge in [-0.3, -0.25) is 0 Å². The first kappa shape index (κ1) is 19.0. The number of hydrogen-bond acceptors (Lipinski definition) is 2. The predicted molar refractivity (Wildman–Crippen MR) is 112 cm³/mol. The third-order valence-corrected chi connectivity index (χ3v) is 4.88. The summed E-state index contributed by atoms with van der Waals surface area (Å²) in [4.78, 5) is 14.3. The van der Waals surface area contributed by atoms with Crippen molar-refractivity contribution in [3.63, 3.8) is 0 Å². The van der Waals surface area contributed by atoms with Crippen molar-refractivity contribution in [3.05, 3.63) is 94.5 Å². The van der Waals surface area contributed by atoms with Crippen LogP contribution in [0.15, 0.2) is 83.3 Å². The van der Waals surface area contributed by atoms with E-state index in [1.807, 2.05) is 78.9 Å². The summed E-state index contributed by atoms with van der Waals surface area (Å²) in [5.41, 5.74) is 2.72. The molecule has 0 bridgehead atoms. The van der Waals surface area contributed by atoms with Crippen LogP contribution in [0.2, 0.25) is 0 Å². The van der Waals surface area contributed by atoms with Gasteiger partial charge >= 0.3 is 6.03 Å². The van der Waals surface area contributed by atoms with Gasteiger partial charge in [-0.05, 0) is 29.8 Å². The minimum atomic E-state index is -0.169. The largest absolute Gasteiger partial charge is 0.489 e. The third-order valence-electron chi connectivity index (χ3n) is 4.11. The first-order chi connectivity index (χ1) is 13.1. The zero-order chi connectivity index (χ0) is 19.1. The van der Waals surface area contributed by atoms with Crippen LogP contribution in [0.1, 0.15) is 11.1 Å². The highest BCUT2D eigenvalue weighted by atomic mass is 79.9. The minimum Gasteiger partial charge on any atom is -0.489 e. The number of nitrogens with zero attached hydrogens (tertiary/aromatic N) is 1. The van der Waals surface area contributed by atoms with Gasteiger partial charge in [-0.15, -0.1) is 0 Å². The standard InChI is InChI=1S/C22H21BrN2O2/c1-25(15-17-9-5-7-13-20(17)23)22(26)24-21-14-8-6-10-18(21)16-27-19-11-3-2-4-12-19/h2-14H,15-16H2,1H3,(H,24,26). The molecule has 0 radical (unpaired) electrons. The van der Waals surface area contributed by atoms with Gasteiger partial charge in [-0.25, -0.2) is 4.79 Å². The van der Waals surface area contributed by atoms with Gasteiger partial charge in [-0.1, -0.05) is 70.5 Å². The molecule has 3 aromatic carbocycles. The highest BCUT2D eigenvalue weighted by Gasteiger charge is 2.13. The van der Waals surface area contributed by atoms with Gasteiger partial charge in [0.25, 0.3) is 0 Å². The molecule has 0 spiro atoms. The zero-order valence-electron chi connectivity index (χ0n) is 15.1. The molecule has 0 fully saturated rings. The van der Waals surface area contributed by atoms with E-state index in [9.17, 15) is 4.79 Å². The minimum absolute atomic E-state index is 0.169. The first-order valence-electron chi connectivity index (χ1n) is 8.65. The number of urea groups is 1. The molecule has 3 rings (SSSR count). The summed E-state index contributed by atoms with van der Waals surface area (Å²) >= 11 is 3.52. The van der Waals surface area contributed by atoms with Gasteiger partial charge in [0.15, 0.2) is 0 Å². The Labute approximate surface area is 167 Å². The highest BCUT2D eigenvalue weighted by molar-refractivity contribution is 9.10. The van der Waals surface area contributed by atoms with Crippen LogP contribution in [0.4, 0.5) is 10.5 Å². The molecular weight excluding hydrogens is 404 g/mol. The number of rotatable bonds is 6. The Morgan fingerprint density at radius 3 is 2.30 bits per heavy atom. The number of anilines is 1. The Morgan fingerprint density at radius 1 is 0.926 bits per heavy atom. The second-order valence-corrected chi connectivity index (χ2v) is 6.99. The molecule has 0 atom stereocenters. The summed E-state index contributed by atoms with van der Waals surface area (Å²) in [7, 11) is 1.78. The summed E-state index contributed by atoms with van der Waals surface area (Å²) in [6.07, 6.45) is 0. The van der Waals surface area contributed by atoms with Gasteiger partial charge < -0.3 is 15.0 Å². The Bertz CT molecular complexity index is 900. The molecule has 0 saturated carbocycles. The van der Waals surface area contributed by atoms with Crippen molar-refractivity contribution < 1.29 is 9.53 Å². The number of hydrogen-bond donors (Lipinski definition) is 1. The molecule has 0 aliphatic rings. The van der Waals surface area contributed by atoms with Gasteiger partial charge in [0.1, 0.15) is 12.4 Å². The smallest absolute Gasteiger partial charge is 0.321 e. The van der Waals surface area contributed by atoms with Crippen molar-refractivity contribution in [3.8, 4) is 5.75 Å². The molecule has 0 aromatic heterocycles. The van der Waals surface area contributed by atoms with Crippen LogP contribution >= 0.6 is 15.9 Å². The maximum atomic E-state index is 12.6. The molecule has 3 aromatic rings. The molecule has 0 heterocycles. The number of carbonyl (C=O) groups excluding carboxylic acids is 1. The van der Waals surface area contributed by atoms with Gasteiger partial charge in [0.2, 0.25) is 0 Å². The van der Waals surface area contributed by atoms with Crippen LogP contribution < -0.4 is 10.1 Å². The molecule has 0 aliphatic heterocycles. The Balaban J connectivity index is 1.64. The monoisotopic (exact) mass is 424 g/mol. The van der Waals surface area contributed by atoms with E-state index in [1.54, 1.807) is 11.9 Å². The molecule has 4 nitrogen and oxygen atoms in total. The van der Waals surface area contributed by atoms with Crippen molar-refractivity contribution in [2.75, 3.05) is 12.4 Å². The number of benzene rings is 3. The molecule has 0 aliphatic carbocycles. The van der Waals surface area contributed by atoms with E-state index in [1.165, 1.54) is 0 Å². The number of ether oxygens (including phenoxy) is 1. The summed E-state index contributed by atoms with van der Waals surface area (Å²) in [6, 6.07) is 25.0. The van der Waals surface area contributed by atoms with E-state index in [0.717, 1.165) is 27.0 Å². The third kappa shape index (κ3) is 5.34. The summed E-state index contributed by atoms with van der Waals surface area (Å²) in [5.74, 6) is 0.796. The van der Waals surface area contributed by atoms with E-state index in [4.69, 9.17) is 4.74 Å². The summed E-state index contributed by atoms with van der Waals surface area (Å²) in [6.45, 7) is 0.893. The fourth-order valence-electron chi connectivity index (χ4n) is 2.61. The van der Waals surface area contributed by atoms with Crippen LogP contribution in [-0.2, 0) is 13.2 Å². The highest BCUT2D eigenvalue weighted by Crippen LogP contribution is 2.20. The normalized spacial score (nSPS) is 10.3. The van der Waals surface area contributed by atoms with Gasteiger partial charge in [0.05, 0.1) is 0 Å². The fourth-order valence-corrected chi connectivity index (χ4v) is 3.02. The lowest BCUT2D eigenvalue weighted by atomic mass is 10.2. The second-order valence-electron chi connectivity index (χ2n) is 6.14. The lowest BCUT2D eigenvalue weighted by Gasteiger charge is -2.20. The predicted octanol–water partition coefficient (Wildman–Crippen LogP) is 5.69. The zero-order valence-corrected chi connectivity index (χ0v) is 16.6. The maximum absolute atomic E-state index is 12.6. The second kappa shape index (κ2) is 9.24. The van der Waals surface area contributed by atoms with Crippen molar-refractivity contribution in [1.29, 1.82) is 0 Å². The van der Waals surface area contributed by atoms with Crippen molar-refractivity contribution in [2.24, 2.45) is 0 Å². The molecule has 27 heavy (non-hydrogen) atoms. The number of carbonyl (C=O) groups is 1. The van der Waals surface area contributed by atoms with Crippen LogP contribution in [0, 0.1) is 0 Å². The van der Waals surface area contributed by atoms with Crippen LogP contribution in [0.5, 0.6) is 5.75 Å². The maximum Gasteiger partial charge on any atom is 0.321 e. The van der Waals surface area contributed by atoms with E-state index in [-0.39, 0.29) is 6.03 Å². The van der Waals surface area contributed by atoms with E-state index >= 15 is 0 Å². The summed E-state index contributed by atoms with van der Waals surface area (Å²) < 4.78 is 6.80. The van der Waals surface area contributed by atoms with E-state index in [0.29, 0.717) is 13.2 Å². The topological polar surface area (TPSA) is 41.6 Å². The molecular formula is C22H21BrN2O2. The molecule has 0 unspecified atom stereocenters. The molecule has 0 saturated heterocycles. The SMILES string of the molecule is CN(Cc1ccccc1Br)C(=O)Nc1ccccc1COc1ccccc1. The van der Waals surface area contributed by atoms with Crippen LogP contribution in [0.3, 0.4) is 0 Å². The fraction of sp³-hybridized carbons (Fsp3) is 0.136. The average molecular weight is 425 g/mol. The lowest BCUT2D eigenvalue weighted by molar-refractivity contribution is 0.220. The molecule has 1 N–H and O–H groups in total. The number of amides is 2. The van der Waals surface area contributed by atoms with Crippen LogP contribution in [-0.4, -0.2) is 18.0 Å². The molecule has 138 valence electrons. The van der Waals surface area contributed by atoms with Crippen LogP contribution in [0.25, 0.3) is 0 Å². The quantitative estimate of drug-likeness (QED) is 0.551. The Kier molecular flexibility index (Phi) is 6.49. The van der Waals surface area contributed by atoms with Gasteiger partial charge in [0, 0.05) is 29.3 Å². The van der Waals surface area contributed by atoms with E-state index < -0.39 is 0 Å².